The molecule has 1 aliphatic rings. The minimum Gasteiger partial charge on any atom is -0.497 e. The molecular formula is C21H22N2O3. The third-order valence-electron chi connectivity index (χ3n) is 4.44. The minimum absolute atomic E-state index is 0.00891. The van der Waals surface area contributed by atoms with E-state index in [1.165, 1.54) is 6.08 Å². The van der Waals surface area contributed by atoms with Crippen LogP contribution in [-0.4, -0.2) is 18.9 Å². The predicted octanol–water partition coefficient (Wildman–Crippen LogP) is 3.97. The first kappa shape index (κ1) is 17.7. The number of anilines is 2. The van der Waals surface area contributed by atoms with Gasteiger partial charge in [-0.25, -0.2) is 0 Å². The summed E-state index contributed by atoms with van der Waals surface area (Å²) in [4.78, 5) is 24.0. The largest absolute Gasteiger partial charge is 0.497 e. The molecule has 2 N–H and O–H groups in total. The summed E-state index contributed by atoms with van der Waals surface area (Å²) >= 11 is 0. The van der Waals surface area contributed by atoms with Gasteiger partial charge in [0.05, 0.1) is 7.11 Å². The second-order valence-corrected chi connectivity index (χ2v) is 6.96. The number of hydrogen-bond donors (Lipinski definition) is 2. The number of rotatable bonds is 4. The van der Waals surface area contributed by atoms with Gasteiger partial charge in [-0.1, -0.05) is 32.0 Å². The molecular weight excluding hydrogens is 328 g/mol. The van der Waals surface area contributed by atoms with Gasteiger partial charge in [0.2, 0.25) is 11.8 Å². The van der Waals surface area contributed by atoms with Gasteiger partial charge >= 0.3 is 0 Å². The van der Waals surface area contributed by atoms with Gasteiger partial charge in [0.15, 0.2) is 0 Å². The van der Waals surface area contributed by atoms with E-state index in [1.54, 1.807) is 19.3 Å². The molecule has 2 aromatic carbocycles. The van der Waals surface area contributed by atoms with Crippen LogP contribution < -0.4 is 15.4 Å². The topological polar surface area (TPSA) is 67.4 Å². The van der Waals surface area contributed by atoms with E-state index >= 15 is 0 Å². The molecule has 0 spiro atoms. The SMILES string of the molecule is COc1ccc(/C=C/C(=O)Nc2ccc3c(c2)NC(=O)CC3(C)C)cc1. The monoisotopic (exact) mass is 350 g/mol. The lowest BCUT2D eigenvalue weighted by molar-refractivity contribution is -0.117. The Bertz CT molecular complexity index is 867. The fourth-order valence-corrected chi connectivity index (χ4v) is 3.08. The first-order valence-corrected chi connectivity index (χ1v) is 8.45. The Kier molecular flexibility index (Phi) is 4.80. The highest BCUT2D eigenvalue weighted by atomic mass is 16.5. The van der Waals surface area contributed by atoms with Crippen LogP contribution in [0, 0.1) is 0 Å². The van der Waals surface area contributed by atoms with Crippen molar-refractivity contribution in [1.29, 1.82) is 0 Å². The van der Waals surface area contributed by atoms with E-state index in [0.29, 0.717) is 12.1 Å². The molecule has 0 saturated carbocycles. The number of benzene rings is 2. The number of ether oxygens (including phenoxy) is 1. The number of hydrogen-bond acceptors (Lipinski definition) is 3. The van der Waals surface area contributed by atoms with E-state index in [-0.39, 0.29) is 17.2 Å². The number of carbonyl (C=O) groups is 2. The van der Waals surface area contributed by atoms with Crippen molar-refractivity contribution in [2.75, 3.05) is 17.7 Å². The minimum atomic E-state index is -0.234. The van der Waals surface area contributed by atoms with Crippen molar-refractivity contribution in [2.45, 2.75) is 25.7 Å². The van der Waals surface area contributed by atoms with E-state index in [1.807, 2.05) is 50.2 Å². The Morgan fingerprint density at radius 3 is 2.62 bits per heavy atom. The zero-order valence-corrected chi connectivity index (χ0v) is 15.1. The molecule has 0 fully saturated rings. The zero-order valence-electron chi connectivity index (χ0n) is 15.1. The standard InChI is InChI=1S/C21H22N2O3/c1-21(2)13-20(25)23-18-12-15(7-10-17(18)21)22-19(24)11-6-14-4-8-16(26-3)9-5-14/h4-12H,13H2,1-3H3,(H,22,24)(H,23,25)/b11-6+. The molecule has 0 radical (unpaired) electrons. The molecule has 0 bridgehead atoms. The van der Waals surface area contributed by atoms with Crippen LogP contribution in [0.15, 0.2) is 48.5 Å². The average Bonchev–Trinajstić information content (AvgIpc) is 2.59. The maximum Gasteiger partial charge on any atom is 0.248 e. The summed E-state index contributed by atoms with van der Waals surface area (Å²) in [5, 5.41) is 5.70. The predicted molar refractivity (Wildman–Crippen MR) is 103 cm³/mol. The lowest BCUT2D eigenvalue weighted by Gasteiger charge is -2.32. The third-order valence-corrected chi connectivity index (χ3v) is 4.44. The molecule has 5 nitrogen and oxygen atoms in total. The van der Waals surface area contributed by atoms with E-state index in [0.717, 1.165) is 22.6 Å². The molecule has 134 valence electrons. The Morgan fingerprint density at radius 1 is 1.19 bits per heavy atom. The second-order valence-electron chi connectivity index (χ2n) is 6.96. The fourth-order valence-electron chi connectivity index (χ4n) is 3.08. The highest BCUT2D eigenvalue weighted by Crippen LogP contribution is 2.38. The molecule has 0 atom stereocenters. The number of nitrogens with one attached hydrogen (secondary N) is 2. The Morgan fingerprint density at radius 2 is 1.92 bits per heavy atom. The van der Waals surface area contributed by atoms with Crippen LogP contribution in [0.1, 0.15) is 31.4 Å². The van der Waals surface area contributed by atoms with Crippen molar-refractivity contribution in [2.24, 2.45) is 0 Å². The molecule has 1 aliphatic heterocycles. The number of amides is 2. The van der Waals surface area contributed by atoms with Gasteiger partial charge in [-0.15, -0.1) is 0 Å². The molecule has 5 heteroatoms. The van der Waals surface area contributed by atoms with Gasteiger partial charge in [-0.2, -0.15) is 0 Å². The van der Waals surface area contributed by atoms with Crippen molar-refractivity contribution < 1.29 is 14.3 Å². The van der Waals surface area contributed by atoms with E-state index in [9.17, 15) is 9.59 Å². The molecule has 26 heavy (non-hydrogen) atoms. The summed E-state index contributed by atoms with van der Waals surface area (Å²) in [5.74, 6) is 0.526. The van der Waals surface area contributed by atoms with Crippen LogP contribution in [0.3, 0.4) is 0 Å². The van der Waals surface area contributed by atoms with Gasteiger partial charge in [0, 0.05) is 29.3 Å². The van der Waals surface area contributed by atoms with Crippen molar-refractivity contribution in [3.05, 3.63) is 59.7 Å². The van der Waals surface area contributed by atoms with Crippen molar-refractivity contribution >= 4 is 29.3 Å². The maximum absolute atomic E-state index is 12.2. The zero-order chi connectivity index (χ0) is 18.7. The van der Waals surface area contributed by atoms with Crippen LogP contribution in [0.2, 0.25) is 0 Å². The quantitative estimate of drug-likeness (QED) is 0.820. The highest BCUT2D eigenvalue weighted by molar-refractivity contribution is 6.03. The van der Waals surface area contributed by atoms with Crippen LogP contribution >= 0.6 is 0 Å². The lowest BCUT2D eigenvalue weighted by atomic mass is 9.78. The van der Waals surface area contributed by atoms with Gasteiger partial charge in [0.1, 0.15) is 5.75 Å². The van der Waals surface area contributed by atoms with E-state index < -0.39 is 0 Å². The fraction of sp³-hybridized carbons (Fsp3) is 0.238. The first-order valence-electron chi connectivity index (χ1n) is 8.45. The first-order chi connectivity index (χ1) is 12.4. The van der Waals surface area contributed by atoms with E-state index in [4.69, 9.17) is 4.74 Å². The molecule has 3 rings (SSSR count). The van der Waals surface area contributed by atoms with Crippen LogP contribution in [0.4, 0.5) is 11.4 Å². The molecule has 0 aliphatic carbocycles. The summed E-state index contributed by atoms with van der Waals surface area (Å²) in [7, 11) is 1.61. The average molecular weight is 350 g/mol. The molecule has 2 amide bonds. The van der Waals surface area contributed by atoms with Gasteiger partial charge < -0.3 is 15.4 Å². The summed E-state index contributed by atoms with van der Waals surface area (Å²) < 4.78 is 5.11. The molecule has 0 saturated heterocycles. The smallest absolute Gasteiger partial charge is 0.248 e. The molecule has 0 aromatic heterocycles. The van der Waals surface area contributed by atoms with Gasteiger partial charge in [-0.3, -0.25) is 9.59 Å². The highest BCUT2D eigenvalue weighted by Gasteiger charge is 2.31. The van der Waals surface area contributed by atoms with Crippen LogP contribution in [0.5, 0.6) is 5.75 Å². The summed E-state index contributed by atoms with van der Waals surface area (Å²) in [6.45, 7) is 4.08. The third kappa shape index (κ3) is 3.94. The molecule has 1 heterocycles. The molecule has 0 unspecified atom stereocenters. The van der Waals surface area contributed by atoms with E-state index in [2.05, 4.69) is 10.6 Å². The number of fused-ring (bicyclic) bond motifs is 1. The lowest BCUT2D eigenvalue weighted by Crippen LogP contribution is -2.32. The Labute approximate surface area is 153 Å². The Balaban J connectivity index is 1.70. The second kappa shape index (κ2) is 7.04. The number of methoxy groups -OCH3 is 1. The maximum atomic E-state index is 12.2. The van der Waals surface area contributed by atoms with Crippen molar-refractivity contribution in [3.63, 3.8) is 0 Å². The number of carbonyl (C=O) groups excluding carboxylic acids is 2. The van der Waals surface area contributed by atoms with Gasteiger partial charge in [0.25, 0.3) is 0 Å². The van der Waals surface area contributed by atoms with Crippen LogP contribution in [0.25, 0.3) is 6.08 Å². The summed E-state index contributed by atoms with van der Waals surface area (Å²) in [5.41, 5.74) is 3.16. The normalized spacial score (nSPS) is 15.3. The van der Waals surface area contributed by atoms with Gasteiger partial charge in [-0.05, 0) is 41.5 Å². The Hall–Kier alpha value is -3.08. The van der Waals surface area contributed by atoms with Crippen LogP contribution in [-0.2, 0) is 15.0 Å². The van der Waals surface area contributed by atoms with Crippen molar-refractivity contribution in [3.8, 4) is 5.75 Å². The summed E-state index contributed by atoms with van der Waals surface area (Å²) in [6, 6.07) is 13.0. The van der Waals surface area contributed by atoms with Crippen molar-refractivity contribution in [1.82, 2.24) is 0 Å². The summed E-state index contributed by atoms with van der Waals surface area (Å²) in [6.07, 6.45) is 3.66. The molecule has 2 aromatic rings.